The van der Waals surface area contributed by atoms with Crippen molar-refractivity contribution in [2.75, 3.05) is 32.7 Å². The molecule has 3 fully saturated rings. The Morgan fingerprint density at radius 1 is 1.09 bits per heavy atom. The Bertz CT molecular complexity index is 531. The van der Waals surface area contributed by atoms with E-state index in [1.165, 1.54) is 0 Å². The fraction of sp³-hybridized carbons (Fsp3) is 0.938. The van der Waals surface area contributed by atoms with E-state index < -0.39 is 15.3 Å². The highest BCUT2D eigenvalue weighted by Crippen LogP contribution is 2.29. The molecule has 132 valence electrons. The van der Waals surface area contributed by atoms with Gasteiger partial charge in [-0.1, -0.05) is 12.8 Å². The summed E-state index contributed by atoms with van der Waals surface area (Å²) in [4.78, 5) is 14.4. The maximum Gasteiger partial charge on any atom is 0.225 e. The van der Waals surface area contributed by atoms with Crippen molar-refractivity contribution in [2.24, 2.45) is 5.92 Å². The monoisotopic (exact) mass is 343 g/mol. The van der Waals surface area contributed by atoms with Gasteiger partial charge in [-0.25, -0.2) is 8.42 Å². The highest BCUT2D eigenvalue weighted by atomic mass is 32.2. The second-order valence-electron chi connectivity index (χ2n) is 7.24. The summed E-state index contributed by atoms with van der Waals surface area (Å²) in [6, 6.07) is -0.00494. The summed E-state index contributed by atoms with van der Waals surface area (Å²) in [5.41, 5.74) is 0. The topological polar surface area (TPSA) is 69.7 Å². The molecule has 0 aromatic heterocycles. The first kappa shape index (κ1) is 17.2. The van der Waals surface area contributed by atoms with Gasteiger partial charge in [0.25, 0.3) is 0 Å². The number of carbonyl (C=O) groups is 1. The summed E-state index contributed by atoms with van der Waals surface area (Å²) in [5.74, 6) is 0.324. The van der Waals surface area contributed by atoms with Crippen LogP contribution in [-0.2, 0) is 14.8 Å². The Labute approximate surface area is 139 Å². The van der Waals surface area contributed by atoms with Crippen molar-refractivity contribution < 1.29 is 13.2 Å². The molecule has 1 N–H and O–H groups in total. The van der Waals surface area contributed by atoms with E-state index in [0.717, 1.165) is 38.6 Å². The van der Waals surface area contributed by atoms with Gasteiger partial charge in [-0.05, 0) is 32.6 Å². The predicted octanol–water partition coefficient (Wildman–Crippen LogP) is 0.791. The number of amides is 1. The minimum absolute atomic E-state index is 0.00494. The molecule has 23 heavy (non-hydrogen) atoms. The van der Waals surface area contributed by atoms with Gasteiger partial charge in [0.1, 0.15) is 0 Å². The van der Waals surface area contributed by atoms with E-state index in [1.54, 1.807) is 4.31 Å². The highest BCUT2D eigenvalue weighted by molar-refractivity contribution is 7.89. The third-order valence-corrected chi connectivity index (χ3v) is 8.01. The number of nitrogens with one attached hydrogen (secondary N) is 1. The Morgan fingerprint density at radius 3 is 2.52 bits per heavy atom. The predicted molar refractivity (Wildman–Crippen MR) is 89.5 cm³/mol. The van der Waals surface area contributed by atoms with E-state index >= 15 is 0 Å². The molecule has 0 aromatic rings. The summed E-state index contributed by atoms with van der Waals surface area (Å²) in [7, 11) is -3.32. The van der Waals surface area contributed by atoms with Crippen molar-refractivity contribution in [3.63, 3.8) is 0 Å². The molecule has 1 saturated carbocycles. The Morgan fingerprint density at radius 2 is 1.83 bits per heavy atom. The molecular weight excluding hydrogens is 314 g/mol. The lowest BCUT2D eigenvalue weighted by Crippen LogP contribution is -2.57. The molecule has 0 spiro atoms. The van der Waals surface area contributed by atoms with Crippen molar-refractivity contribution in [3.05, 3.63) is 0 Å². The number of hydrogen-bond donors (Lipinski definition) is 1. The molecule has 2 saturated heterocycles. The van der Waals surface area contributed by atoms with Gasteiger partial charge in [0.2, 0.25) is 15.9 Å². The molecule has 3 aliphatic rings. The minimum Gasteiger partial charge on any atom is -0.341 e. The van der Waals surface area contributed by atoms with Crippen LogP contribution in [0.3, 0.4) is 0 Å². The first-order valence-corrected chi connectivity index (χ1v) is 10.5. The van der Waals surface area contributed by atoms with Crippen LogP contribution in [0.5, 0.6) is 0 Å². The maximum atomic E-state index is 13.0. The van der Waals surface area contributed by atoms with E-state index in [9.17, 15) is 13.2 Å². The van der Waals surface area contributed by atoms with E-state index in [1.807, 2.05) is 11.8 Å². The van der Waals surface area contributed by atoms with E-state index in [4.69, 9.17) is 0 Å². The normalized spacial score (nSPS) is 31.4. The largest absolute Gasteiger partial charge is 0.341 e. The number of nitrogens with zero attached hydrogens (tertiary/aromatic N) is 2. The number of piperidine rings is 1. The Kier molecular flexibility index (Phi) is 5.28. The molecule has 1 amide bonds. The number of rotatable bonds is 3. The fourth-order valence-corrected chi connectivity index (χ4v) is 6.34. The average molecular weight is 343 g/mol. The van der Waals surface area contributed by atoms with Gasteiger partial charge in [0.15, 0.2) is 0 Å². The second-order valence-corrected chi connectivity index (χ2v) is 9.40. The minimum atomic E-state index is -3.32. The molecule has 6 nitrogen and oxygen atoms in total. The number of sulfonamides is 1. The van der Waals surface area contributed by atoms with Crippen molar-refractivity contribution in [1.29, 1.82) is 0 Å². The third kappa shape index (κ3) is 3.56. The Hall–Kier alpha value is -0.660. The molecule has 0 bridgehead atoms. The average Bonchev–Trinajstić information content (AvgIpc) is 3.09. The van der Waals surface area contributed by atoms with E-state index in [0.29, 0.717) is 32.6 Å². The van der Waals surface area contributed by atoms with Crippen LogP contribution in [0.1, 0.15) is 45.4 Å². The molecule has 3 rings (SSSR count). The summed E-state index contributed by atoms with van der Waals surface area (Å²) in [6.45, 7) is 5.01. The van der Waals surface area contributed by atoms with Gasteiger partial charge in [-0.3, -0.25) is 4.79 Å². The first-order chi connectivity index (χ1) is 11.0. The van der Waals surface area contributed by atoms with Crippen LogP contribution in [0.2, 0.25) is 0 Å². The SMILES string of the molecule is CC1CNCCN1S(=O)(=O)C1CCCN(C(=O)C2CCCC2)C1. The summed E-state index contributed by atoms with van der Waals surface area (Å²) in [5, 5.41) is 2.80. The van der Waals surface area contributed by atoms with Crippen molar-refractivity contribution in [2.45, 2.75) is 56.7 Å². The fourth-order valence-electron chi connectivity index (χ4n) is 4.20. The number of likely N-dealkylation sites (tertiary alicyclic amines) is 1. The third-order valence-electron chi connectivity index (χ3n) is 5.58. The van der Waals surface area contributed by atoms with E-state index in [2.05, 4.69) is 5.32 Å². The zero-order valence-electron chi connectivity index (χ0n) is 14.0. The van der Waals surface area contributed by atoms with Gasteiger partial charge in [0.05, 0.1) is 5.25 Å². The first-order valence-electron chi connectivity index (χ1n) is 9.00. The quantitative estimate of drug-likeness (QED) is 0.823. The van der Waals surface area contributed by atoms with Crippen molar-refractivity contribution in [3.8, 4) is 0 Å². The number of piperazine rings is 1. The highest BCUT2D eigenvalue weighted by Gasteiger charge is 2.40. The van der Waals surface area contributed by atoms with Crippen molar-refractivity contribution >= 4 is 15.9 Å². The number of hydrogen-bond acceptors (Lipinski definition) is 4. The summed E-state index contributed by atoms with van der Waals surface area (Å²) in [6.07, 6.45) is 5.67. The van der Waals surface area contributed by atoms with Gasteiger partial charge in [0, 0.05) is 44.7 Å². The van der Waals surface area contributed by atoms with Crippen LogP contribution in [0.4, 0.5) is 0 Å². The molecule has 0 aromatic carbocycles. The molecule has 7 heteroatoms. The summed E-state index contributed by atoms with van der Waals surface area (Å²) < 4.78 is 27.7. The molecule has 1 aliphatic carbocycles. The van der Waals surface area contributed by atoms with Crippen LogP contribution < -0.4 is 5.32 Å². The van der Waals surface area contributed by atoms with Crippen molar-refractivity contribution in [1.82, 2.24) is 14.5 Å². The van der Waals surface area contributed by atoms with Crippen LogP contribution in [0.15, 0.2) is 0 Å². The van der Waals surface area contributed by atoms with Gasteiger partial charge >= 0.3 is 0 Å². The summed E-state index contributed by atoms with van der Waals surface area (Å²) >= 11 is 0. The molecular formula is C16H29N3O3S. The van der Waals surface area contributed by atoms with E-state index in [-0.39, 0.29) is 17.9 Å². The number of carbonyl (C=O) groups excluding carboxylic acids is 1. The standard InChI is InChI=1S/C16H29N3O3S/c1-13-11-17-8-10-19(13)23(21,22)15-7-4-9-18(12-15)16(20)14-5-2-3-6-14/h13-15,17H,2-12H2,1H3. The molecule has 2 aliphatic heterocycles. The van der Waals surface area contributed by atoms with Crippen LogP contribution >= 0.6 is 0 Å². The van der Waals surface area contributed by atoms with Crippen LogP contribution in [-0.4, -0.2) is 67.5 Å². The van der Waals surface area contributed by atoms with Gasteiger partial charge in [-0.15, -0.1) is 0 Å². The van der Waals surface area contributed by atoms with Crippen LogP contribution in [0, 0.1) is 5.92 Å². The van der Waals surface area contributed by atoms with Gasteiger partial charge in [-0.2, -0.15) is 4.31 Å². The van der Waals surface area contributed by atoms with Crippen LogP contribution in [0.25, 0.3) is 0 Å². The lowest BCUT2D eigenvalue weighted by atomic mass is 10.0. The lowest BCUT2D eigenvalue weighted by Gasteiger charge is -2.39. The molecule has 2 heterocycles. The zero-order valence-corrected chi connectivity index (χ0v) is 14.9. The smallest absolute Gasteiger partial charge is 0.225 e. The zero-order chi connectivity index (χ0) is 16.4. The Balaban J connectivity index is 1.68. The van der Waals surface area contributed by atoms with Gasteiger partial charge < -0.3 is 10.2 Å². The molecule has 0 radical (unpaired) electrons. The lowest BCUT2D eigenvalue weighted by molar-refractivity contribution is -0.136. The maximum absolute atomic E-state index is 13.0. The second kappa shape index (κ2) is 7.07. The molecule has 2 unspecified atom stereocenters. The molecule has 2 atom stereocenters.